The SMILES string of the molecule is Fc1c(F)c(C(F)(F)F)c(F)c(F)c1N=NCc1cn(Cc2ccc(Cl)cc2Cl)c2ccccc12. The van der Waals surface area contributed by atoms with Gasteiger partial charge in [-0.1, -0.05) is 47.5 Å². The molecule has 0 aliphatic rings. The Kier molecular flexibility index (Phi) is 6.79. The van der Waals surface area contributed by atoms with Crippen molar-refractivity contribution in [1.82, 2.24) is 4.57 Å². The van der Waals surface area contributed by atoms with Crippen molar-refractivity contribution in [1.29, 1.82) is 0 Å². The molecule has 0 aliphatic carbocycles. The standard InChI is InChI=1S/C23H12Cl2F7N3/c24-13-6-5-11(15(25)7-13)9-35-10-12(14-3-1-2-4-16(14)35)8-33-34-22-20(28)18(26)17(23(30,31)32)19(27)21(22)29/h1-7,10H,8-9H2. The molecule has 0 saturated heterocycles. The van der Waals surface area contributed by atoms with Gasteiger partial charge in [-0.3, -0.25) is 0 Å². The molecule has 0 unspecified atom stereocenters. The second-order valence-electron chi connectivity index (χ2n) is 7.41. The Bertz CT molecular complexity index is 1430. The van der Waals surface area contributed by atoms with Gasteiger partial charge in [-0.2, -0.15) is 18.3 Å². The Hall–Kier alpha value is -3.11. The Morgan fingerprint density at radius 3 is 2.11 bits per heavy atom. The van der Waals surface area contributed by atoms with E-state index in [0.717, 1.165) is 11.1 Å². The van der Waals surface area contributed by atoms with Crippen molar-refractivity contribution in [2.24, 2.45) is 10.2 Å². The summed E-state index contributed by atoms with van der Waals surface area (Å²) in [6.45, 7) is 0.0528. The number of benzene rings is 3. The third-order valence-electron chi connectivity index (χ3n) is 5.16. The molecule has 1 aromatic heterocycles. The van der Waals surface area contributed by atoms with Crippen LogP contribution in [0.15, 0.2) is 58.9 Å². The van der Waals surface area contributed by atoms with Crippen LogP contribution < -0.4 is 0 Å². The summed E-state index contributed by atoms with van der Waals surface area (Å²) in [7, 11) is 0. The molecule has 0 aliphatic heterocycles. The summed E-state index contributed by atoms with van der Waals surface area (Å²) in [5.74, 6) is -9.77. The molecule has 0 saturated carbocycles. The minimum atomic E-state index is -5.64. The maximum atomic E-state index is 14.1. The van der Waals surface area contributed by atoms with Crippen molar-refractivity contribution in [3.63, 3.8) is 0 Å². The van der Waals surface area contributed by atoms with Gasteiger partial charge in [0.2, 0.25) is 0 Å². The lowest BCUT2D eigenvalue weighted by atomic mass is 10.1. The summed E-state index contributed by atoms with van der Waals surface area (Å²) in [6, 6.07) is 12.1. The number of rotatable bonds is 5. The predicted octanol–water partition coefficient (Wildman–Crippen LogP) is 8.86. The zero-order valence-corrected chi connectivity index (χ0v) is 18.8. The summed E-state index contributed by atoms with van der Waals surface area (Å²) in [6.07, 6.45) is -3.96. The van der Waals surface area contributed by atoms with Gasteiger partial charge >= 0.3 is 6.18 Å². The van der Waals surface area contributed by atoms with E-state index in [4.69, 9.17) is 23.2 Å². The second kappa shape index (κ2) is 9.50. The van der Waals surface area contributed by atoms with Crippen LogP contribution in [-0.4, -0.2) is 4.57 Å². The molecule has 0 atom stereocenters. The lowest BCUT2D eigenvalue weighted by Gasteiger charge is -2.11. The van der Waals surface area contributed by atoms with Crippen LogP contribution in [0.2, 0.25) is 10.0 Å². The van der Waals surface area contributed by atoms with Gasteiger partial charge in [0, 0.05) is 39.3 Å². The van der Waals surface area contributed by atoms with Crippen molar-refractivity contribution in [3.05, 3.63) is 98.7 Å². The number of nitrogens with zero attached hydrogens (tertiary/aromatic N) is 3. The van der Waals surface area contributed by atoms with Crippen molar-refractivity contribution in [2.45, 2.75) is 19.3 Å². The summed E-state index contributed by atoms with van der Waals surface area (Å²) in [4.78, 5) is 0. The van der Waals surface area contributed by atoms with Gasteiger partial charge in [0.15, 0.2) is 29.0 Å². The molecule has 12 heteroatoms. The fourth-order valence-electron chi connectivity index (χ4n) is 3.55. The molecular weight excluding hydrogens is 522 g/mol. The van der Waals surface area contributed by atoms with Crippen LogP contribution in [-0.2, 0) is 19.3 Å². The average Bonchev–Trinajstić information content (AvgIpc) is 3.13. The van der Waals surface area contributed by atoms with E-state index in [1.807, 2.05) is 4.57 Å². The van der Waals surface area contributed by atoms with E-state index in [0.29, 0.717) is 27.5 Å². The first-order valence-electron chi connectivity index (χ1n) is 9.80. The van der Waals surface area contributed by atoms with Crippen molar-refractivity contribution >= 4 is 39.8 Å². The average molecular weight is 534 g/mol. The summed E-state index contributed by atoms with van der Waals surface area (Å²) in [5.41, 5.74) is -2.22. The summed E-state index contributed by atoms with van der Waals surface area (Å²) < 4.78 is 95.8. The Balaban J connectivity index is 1.67. The monoisotopic (exact) mass is 533 g/mol. The van der Waals surface area contributed by atoms with Gasteiger partial charge < -0.3 is 4.57 Å². The van der Waals surface area contributed by atoms with E-state index >= 15 is 0 Å². The molecule has 3 nitrogen and oxygen atoms in total. The van der Waals surface area contributed by atoms with Gasteiger partial charge in [-0.15, -0.1) is 5.11 Å². The molecule has 0 spiro atoms. The summed E-state index contributed by atoms with van der Waals surface area (Å²) in [5, 5.41) is 8.33. The number of hydrogen-bond donors (Lipinski definition) is 0. The normalized spacial score (nSPS) is 12.3. The van der Waals surface area contributed by atoms with E-state index < -0.39 is 40.7 Å². The molecule has 0 radical (unpaired) electrons. The Labute approximate surface area is 203 Å². The molecule has 1 heterocycles. The molecular formula is C23H12Cl2F7N3. The smallest absolute Gasteiger partial charge is 0.343 e. The zero-order valence-electron chi connectivity index (χ0n) is 17.3. The molecule has 0 bridgehead atoms. The first kappa shape index (κ1) is 25.0. The predicted molar refractivity (Wildman–Crippen MR) is 117 cm³/mol. The molecule has 0 fully saturated rings. The van der Waals surface area contributed by atoms with Gasteiger partial charge in [0.25, 0.3) is 0 Å². The quantitative estimate of drug-likeness (QED) is 0.139. The highest BCUT2D eigenvalue weighted by Gasteiger charge is 2.42. The number of fused-ring (bicyclic) bond motifs is 1. The van der Waals surface area contributed by atoms with Crippen molar-refractivity contribution in [3.8, 4) is 0 Å². The fourth-order valence-corrected chi connectivity index (χ4v) is 4.02. The third kappa shape index (κ3) is 4.85. The number of para-hydroxylation sites is 1. The highest BCUT2D eigenvalue weighted by molar-refractivity contribution is 6.35. The Morgan fingerprint density at radius 2 is 1.49 bits per heavy atom. The molecule has 35 heavy (non-hydrogen) atoms. The number of alkyl halides is 3. The number of azo groups is 1. The number of aromatic nitrogens is 1. The van der Waals surface area contributed by atoms with E-state index in [1.54, 1.807) is 48.7 Å². The number of halogens is 9. The molecule has 4 rings (SSSR count). The van der Waals surface area contributed by atoms with E-state index in [9.17, 15) is 30.7 Å². The van der Waals surface area contributed by atoms with E-state index in [1.165, 1.54) is 0 Å². The van der Waals surface area contributed by atoms with E-state index in [-0.39, 0.29) is 6.54 Å². The van der Waals surface area contributed by atoms with Crippen molar-refractivity contribution < 1.29 is 30.7 Å². The molecule has 4 aromatic rings. The van der Waals surface area contributed by atoms with Gasteiger partial charge in [0.1, 0.15) is 5.56 Å². The van der Waals surface area contributed by atoms with Crippen LogP contribution in [0, 0.1) is 23.3 Å². The van der Waals surface area contributed by atoms with Crippen LogP contribution in [0.5, 0.6) is 0 Å². The second-order valence-corrected chi connectivity index (χ2v) is 8.26. The van der Waals surface area contributed by atoms with Crippen LogP contribution in [0.3, 0.4) is 0 Å². The van der Waals surface area contributed by atoms with Gasteiger partial charge in [-0.05, 0) is 23.8 Å². The molecule has 182 valence electrons. The maximum absolute atomic E-state index is 14.1. The van der Waals surface area contributed by atoms with Gasteiger partial charge in [0.05, 0.1) is 6.54 Å². The topological polar surface area (TPSA) is 29.6 Å². The zero-order chi connectivity index (χ0) is 25.5. The largest absolute Gasteiger partial charge is 0.422 e. The summed E-state index contributed by atoms with van der Waals surface area (Å²) >= 11 is 12.2. The lowest BCUT2D eigenvalue weighted by Crippen LogP contribution is -2.14. The molecule has 0 N–H and O–H groups in total. The van der Waals surface area contributed by atoms with Gasteiger partial charge in [-0.25, -0.2) is 17.6 Å². The highest BCUT2D eigenvalue weighted by Crippen LogP contribution is 2.39. The van der Waals surface area contributed by atoms with Crippen LogP contribution in [0.4, 0.5) is 36.4 Å². The first-order chi connectivity index (χ1) is 16.5. The number of hydrogen-bond acceptors (Lipinski definition) is 2. The molecule has 0 amide bonds. The minimum Gasteiger partial charge on any atom is -0.343 e. The maximum Gasteiger partial charge on any atom is 0.422 e. The van der Waals surface area contributed by atoms with E-state index in [2.05, 4.69) is 10.2 Å². The van der Waals surface area contributed by atoms with Crippen LogP contribution >= 0.6 is 23.2 Å². The molecule has 3 aromatic carbocycles. The third-order valence-corrected chi connectivity index (χ3v) is 5.75. The fraction of sp³-hybridized carbons (Fsp3) is 0.130. The lowest BCUT2D eigenvalue weighted by molar-refractivity contribution is -0.143. The first-order valence-corrected chi connectivity index (χ1v) is 10.6. The minimum absolute atomic E-state index is 0.287. The van der Waals surface area contributed by atoms with Crippen molar-refractivity contribution in [2.75, 3.05) is 0 Å². The Morgan fingerprint density at radius 1 is 0.829 bits per heavy atom. The van der Waals surface area contributed by atoms with Crippen LogP contribution in [0.1, 0.15) is 16.7 Å². The highest BCUT2D eigenvalue weighted by atomic mass is 35.5. The van der Waals surface area contributed by atoms with Crippen LogP contribution in [0.25, 0.3) is 10.9 Å².